The molecule has 2 atom stereocenters. The molecule has 0 aliphatic heterocycles. The van der Waals surface area contributed by atoms with Crippen LogP contribution in [0.2, 0.25) is 0 Å². The van der Waals surface area contributed by atoms with Crippen LogP contribution in [0.1, 0.15) is 51.4 Å². The second-order valence-corrected chi connectivity index (χ2v) is 5.82. The Bertz CT molecular complexity index is 291. The fourth-order valence-electron chi connectivity index (χ4n) is 2.97. The molecule has 2 saturated carbocycles. The lowest BCUT2D eigenvalue weighted by Crippen LogP contribution is -2.53. The van der Waals surface area contributed by atoms with E-state index in [0.717, 1.165) is 31.8 Å². The smallest absolute Gasteiger partial charge is 0.325 e. The average molecular weight is 255 g/mol. The summed E-state index contributed by atoms with van der Waals surface area (Å²) >= 11 is 0. The summed E-state index contributed by atoms with van der Waals surface area (Å²) < 4.78 is 10.7. The van der Waals surface area contributed by atoms with E-state index in [1.54, 1.807) is 0 Å². The molecule has 0 bridgehead atoms. The van der Waals surface area contributed by atoms with Crippen LogP contribution in [0.3, 0.4) is 0 Å². The maximum atomic E-state index is 11.7. The zero-order valence-corrected chi connectivity index (χ0v) is 11.3. The van der Waals surface area contributed by atoms with Gasteiger partial charge in [-0.2, -0.15) is 0 Å². The first-order chi connectivity index (χ1) is 8.64. The SMILES string of the molecule is COC(=O)C1(N)CCCC(OCCC2CCC2)C1. The van der Waals surface area contributed by atoms with Crippen LogP contribution < -0.4 is 5.73 Å². The summed E-state index contributed by atoms with van der Waals surface area (Å²) in [7, 11) is 1.40. The molecule has 0 saturated heterocycles. The first kappa shape index (κ1) is 13.8. The van der Waals surface area contributed by atoms with Gasteiger partial charge in [-0.3, -0.25) is 4.79 Å². The molecule has 2 N–H and O–H groups in total. The summed E-state index contributed by atoms with van der Waals surface area (Å²) in [5.74, 6) is 0.576. The Morgan fingerprint density at radius 1 is 1.33 bits per heavy atom. The molecule has 0 aromatic rings. The summed E-state index contributed by atoms with van der Waals surface area (Å²) in [6.07, 6.45) is 8.65. The third kappa shape index (κ3) is 3.23. The van der Waals surface area contributed by atoms with Crippen LogP contribution in [0, 0.1) is 5.92 Å². The molecule has 2 fully saturated rings. The molecule has 104 valence electrons. The Hall–Kier alpha value is -0.610. The topological polar surface area (TPSA) is 61.5 Å². The minimum absolute atomic E-state index is 0.128. The molecule has 0 radical (unpaired) electrons. The number of hydrogen-bond acceptors (Lipinski definition) is 4. The van der Waals surface area contributed by atoms with Gasteiger partial charge in [0, 0.05) is 13.0 Å². The summed E-state index contributed by atoms with van der Waals surface area (Å²) in [5.41, 5.74) is 5.29. The Labute approximate surface area is 109 Å². The largest absolute Gasteiger partial charge is 0.468 e. The highest BCUT2D eigenvalue weighted by Gasteiger charge is 2.40. The van der Waals surface area contributed by atoms with Crippen molar-refractivity contribution in [2.45, 2.75) is 63.0 Å². The zero-order chi connectivity index (χ0) is 13.0. The van der Waals surface area contributed by atoms with Crippen molar-refractivity contribution in [1.29, 1.82) is 0 Å². The predicted molar refractivity (Wildman–Crippen MR) is 69.1 cm³/mol. The van der Waals surface area contributed by atoms with Crippen LogP contribution in [-0.4, -0.2) is 31.3 Å². The second-order valence-electron chi connectivity index (χ2n) is 5.82. The minimum Gasteiger partial charge on any atom is -0.468 e. The van der Waals surface area contributed by atoms with E-state index in [-0.39, 0.29) is 12.1 Å². The fraction of sp³-hybridized carbons (Fsp3) is 0.929. The standard InChI is InChI=1S/C14H25NO3/c1-17-13(16)14(15)8-3-6-12(10-14)18-9-7-11-4-2-5-11/h11-12H,2-10,15H2,1H3. The molecule has 18 heavy (non-hydrogen) atoms. The van der Waals surface area contributed by atoms with E-state index >= 15 is 0 Å². The highest BCUT2D eigenvalue weighted by molar-refractivity contribution is 5.80. The third-order valence-electron chi connectivity index (χ3n) is 4.44. The first-order valence-corrected chi connectivity index (χ1v) is 7.13. The number of hydrogen-bond donors (Lipinski definition) is 1. The van der Waals surface area contributed by atoms with Crippen LogP contribution in [0.4, 0.5) is 0 Å². The molecule has 4 nitrogen and oxygen atoms in total. The number of nitrogens with two attached hydrogens (primary N) is 1. The van der Waals surface area contributed by atoms with Gasteiger partial charge < -0.3 is 15.2 Å². The van der Waals surface area contributed by atoms with Gasteiger partial charge in [0.2, 0.25) is 0 Å². The van der Waals surface area contributed by atoms with Crippen molar-refractivity contribution < 1.29 is 14.3 Å². The lowest BCUT2D eigenvalue weighted by Gasteiger charge is -2.35. The number of carbonyl (C=O) groups excluding carboxylic acids is 1. The van der Waals surface area contributed by atoms with Gasteiger partial charge >= 0.3 is 5.97 Å². The van der Waals surface area contributed by atoms with Gasteiger partial charge in [-0.15, -0.1) is 0 Å². The third-order valence-corrected chi connectivity index (χ3v) is 4.44. The van der Waals surface area contributed by atoms with Crippen LogP contribution in [0.25, 0.3) is 0 Å². The molecular formula is C14H25NO3. The minimum atomic E-state index is -0.825. The fourth-order valence-corrected chi connectivity index (χ4v) is 2.97. The summed E-state index contributed by atoms with van der Waals surface area (Å²) in [5, 5.41) is 0. The molecule has 2 aliphatic rings. The molecule has 0 heterocycles. The molecule has 2 rings (SSSR count). The van der Waals surface area contributed by atoms with Gasteiger partial charge in [0.1, 0.15) is 5.54 Å². The van der Waals surface area contributed by atoms with Crippen molar-refractivity contribution in [3.8, 4) is 0 Å². The normalized spacial score (nSPS) is 32.9. The summed E-state index contributed by atoms with van der Waals surface area (Å²) in [6.45, 7) is 0.812. The van der Waals surface area contributed by atoms with Crippen molar-refractivity contribution in [3.63, 3.8) is 0 Å². The Morgan fingerprint density at radius 2 is 2.11 bits per heavy atom. The Kier molecular flexibility index (Phi) is 4.62. The van der Waals surface area contributed by atoms with E-state index in [0.29, 0.717) is 12.8 Å². The number of rotatable bonds is 5. The summed E-state index contributed by atoms with van der Waals surface area (Å²) in [6, 6.07) is 0. The van der Waals surface area contributed by atoms with Gasteiger partial charge in [-0.1, -0.05) is 19.3 Å². The van der Waals surface area contributed by atoms with Crippen LogP contribution >= 0.6 is 0 Å². The van der Waals surface area contributed by atoms with Gasteiger partial charge in [0.05, 0.1) is 13.2 Å². The van der Waals surface area contributed by atoms with E-state index in [1.807, 2.05) is 0 Å². The molecule has 0 aromatic carbocycles. The number of esters is 1. The highest BCUT2D eigenvalue weighted by Crippen LogP contribution is 2.32. The molecule has 2 unspecified atom stereocenters. The quantitative estimate of drug-likeness (QED) is 0.763. The lowest BCUT2D eigenvalue weighted by atomic mass is 9.80. The highest BCUT2D eigenvalue weighted by atomic mass is 16.5. The molecule has 0 amide bonds. The molecule has 4 heteroatoms. The predicted octanol–water partition coefficient (Wildman–Crippen LogP) is 2.01. The maximum absolute atomic E-state index is 11.7. The zero-order valence-electron chi connectivity index (χ0n) is 11.3. The van der Waals surface area contributed by atoms with Gasteiger partial charge in [-0.25, -0.2) is 0 Å². The van der Waals surface area contributed by atoms with E-state index in [9.17, 15) is 4.79 Å². The van der Waals surface area contributed by atoms with Crippen LogP contribution in [0.5, 0.6) is 0 Å². The van der Waals surface area contributed by atoms with Crippen molar-refractivity contribution in [2.24, 2.45) is 11.7 Å². The molecule has 0 spiro atoms. The van der Waals surface area contributed by atoms with E-state index in [1.165, 1.54) is 26.4 Å². The van der Waals surface area contributed by atoms with Crippen molar-refractivity contribution in [1.82, 2.24) is 0 Å². The number of carbonyl (C=O) groups is 1. The summed E-state index contributed by atoms with van der Waals surface area (Å²) in [4.78, 5) is 11.7. The van der Waals surface area contributed by atoms with Gasteiger partial charge in [0.15, 0.2) is 0 Å². The Balaban J connectivity index is 1.73. The number of methoxy groups -OCH3 is 1. The lowest BCUT2D eigenvalue weighted by molar-refractivity contribution is -0.150. The van der Waals surface area contributed by atoms with Crippen molar-refractivity contribution in [2.75, 3.05) is 13.7 Å². The van der Waals surface area contributed by atoms with Gasteiger partial charge in [0.25, 0.3) is 0 Å². The van der Waals surface area contributed by atoms with Crippen molar-refractivity contribution >= 4 is 5.97 Å². The second kappa shape index (κ2) is 6.02. The number of ether oxygens (including phenoxy) is 2. The van der Waals surface area contributed by atoms with E-state index in [2.05, 4.69) is 0 Å². The first-order valence-electron chi connectivity index (χ1n) is 7.13. The molecule has 2 aliphatic carbocycles. The van der Waals surface area contributed by atoms with Crippen molar-refractivity contribution in [3.05, 3.63) is 0 Å². The Morgan fingerprint density at radius 3 is 2.72 bits per heavy atom. The van der Waals surface area contributed by atoms with E-state index < -0.39 is 5.54 Å². The van der Waals surface area contributed by atoms with E-state index in [4.69, 9.17) is 15.2 Å². The van der Waals surface area contributed by atoms with Gasteiger partial charge in [-0.05, 0) is 31.6 Å². The van der Waals surface area contributed by atoms with Crippen LogP contribution in [0.15, 0.2) is 0 Å². The van der Waals surface area contributed by atoms with Crippen LogP contribution in [-0.2, 0) is 14.3 Å². The average Bonchev–Trinajstić information content (AvgIpc) is 2.31. The monoisotopic (exact) mass is 255 g/mol. The molecular weight excluding hydrogens is 230 g/mol. The molecule has 0 aromatic heterocycles. The maximum Gasteiger partial charge on any atom is 0.325 e.